The summed E-state index contributed by atoms with van der Waals surface area (Å²) in [7, 11) is -3.90. The number of hydrogen-bond acceptors (Lipinski definition) is 7. The van der Waals surface area contributed by atoms with E-state index < -0.39 is 10.0 Å². The predicted octanol–water partition coefficient (Wildman–Crippen LogP) is 3.00. The molecule has 0 aliphatic carbocycles. The van der Waals surface area contributed by atoms with E-state index in [1.165, 1.54) is 6.20 Å². The number of morpholine rings is 1. The summed E-state index contributed by atoms with van der Waals surface area (Å²) in [6.45, 7) is 7.28. The van der Waals surface area contributed by atoms with Crippen LogP contribution in [-0.4, -0.2) is 57.9 Å². The molecular formula is C21H26N4O5S. The summed E-state index contributed by atoms with van der Waals surface area (Å²) in [6.07, 6.45) is 3.04. The Morgan fingerprint density at radius 2 is 1.90 bits per heavy atom. The van der Waals surface area contributed by atoms with Crippen LogP contribution in [0.1, 0.15) is 13.8 Å². The van der Waals surface area contributed by atoms with Gasteiger partial charge in [0.2, 0.25) is 0 Å². The molecule has 0 bridgehead atoms. The third-order valence-corrected chi connectivity index (χ3v) is 6.37. The largest absolute Gasteiger partial charge is 0.492 e. The highest BCUT2D eigenvalue weighted by Gasteiger charge is 2.24. The van der Waals surface area contributed by atoms with Crippen molar-refractivity contribution in [3.63, 3.8) is 0 Å². The van der Waals surface area contributed by atoms with Gasteiger partial charge < -0.3 is 24.1 Å². The van der Waals surface area contributed by atoms with E-state index in [-0.39, 0.29) is 4.90 Å². The first-order chi connectivity index (χ1) is 15.0. The molecule has 0 unspecified atom stereocenters. The van der Waals surface area contributed by atoms with Gasteiger partial charge in [0.1, 0.15) is 22.0 Å². The first-order valence-corrected chi connectivity index (χ1v) is 11.7. The Bertz CT molecular complexity index is 1160. The zero-order chi connectivity index (χ0) is 21.8. The molecule has 0 spiro atoms. The van der Waals surface area contributed by atoms with Crippen LogP contribution >= 0.6 is 0 Å². The number of anilines is 2. The Balaban J connectivity index is 1.74. The highest BCUT2D eigenvalue weighted by Crippen LogP contribution is 2.40. The Morgan fingerprint density at radius 3 is 2.65 bits per heavy atom. The normalized spacial score (nSPS) is 14.6. The summed E-state index contributed by atoms with van der Waals surface area (Å²) in [5, 5.41) is 0.517. The van der Waals surface area contributed by atoms with E-state index in [9.17, 15) is 8.42 Å². The second-order valence-electron chi connectivity index (χ2n) is 6.94. The molecule has 0 atom stereocenters. The maximum Gasteiger partial charge on any atom is 0.264 e. The van der Waals surface area contributed by atoms with E-state index in [1.807, 2.05) is 19.9 Å². The van der Waals surface area contributed by atoms with Crippen LogP contribution in [0.2, 0.25) is 0 Å². The number of hydrogen-bond donors (Lipinski definition) is 2. The quantitative estimate of drug-likeness (QED) is 0.548. The fourth-order valence-corrected chi connectivity index (χ4v) is 4.81. The van der Waals surface area contributed by atoms with Crippen LogP contribution in [-0.2, 0) is 14.8 Å². The number of aromatic nitrogens is 2. The Morgan fingerprint density at radius 1 is 1.16 bits per heavy atom. The average molecular weight is 447 g/mol. The van der Waals surface area contributed by atoms with Crippen LogP contribution in [0.3, 0.4) is 0 Å². The molecule has 0 radical (unpaired) electrons. The zero-order valence-electron chi connectivity index (χ0n) is 17.6. The standard InChI is InChI=1S/C21H26N4O5S/c1-3-29-18-13-17(25-8-10-28-11-9-25)19(30-4-2)12-16(18)24-31(26,27)20-14-23-21-15(20)6-5-7-22-21/h5-7,12-14,24H,3-4,8-11H2,1-2H3,(H,22,23). The number of nitrogens with zero attached hydrogens (tertiary/aromatic N) is 2. The van der Waals surface area contributed by atoms with Crippen LogP contribution in [0.25, 0.3) is 11.0 Å². The molecule has 166 valence electrons. The summed E-state index contributed by atoms with van der Waals surface area (Å²) in [6, 6.07) is 6.92. The molecule has 2 N–H and O–H groups in total. The van der Waals surface area contributed by atoms with Crippen molar-refractivity contribution in [2.75, 3.05) is 49.1 Å². The first kappa shape index (κ1) is 21.3. The maximum atomic E-state index is 13.2. The monoisotopic (exact) mass is 446 g/mol. The Kier molecular flexibility index (Phi) is 6.19. The van der Waals surface area contributed by atoms with Crippen LogP contribution in [0.5, 0.6) is 11.5 Å². The molecule has 0 saturated carbocycles. The van der Waals surface area contributed by atoms with Gasteiger partial charge in [-0.25, -0.2) is 13.4 Å². The Hall–Kier alpha value is -2.98. The van der Waals surface area contributed by atoms with E-state index in [0.717, 1.165) is 18.8 Å². The van der Waals surface area contributed by atoms with Gasteiger partial charge >= 0.3 is 0 Å². The van der Waals surface area contributed by atoms with E-state index >= 15 is 0 Å². The molecule has 1 aromatic carbocycles. The minimum atomic E-state index is -3.90. The van der Waals surface area contributed by atoms with Gasteiger partial charge in [-0.2, -0.15) is 0 Å². The van der Waals surface area contributed by atoms with Crippen LogP contribution in [0.15, 0.2) is 41.6 Å². The topological polar surface area (TPSA) is 106 Å². The van der Waals surface area contributed by atoms with Crippen molar-refractivity contribution < 1.29 is 22.6 Å². The van der Waals surface area contributed by atoms with E-state index in [2.05, 4.69) is 19.6 Å². The number of sulfonamides is 1. The lowest BCUT2D eigenvalue weighted by atomic mass is 10.2. The number of fused-ring (bicyclic) bond motifs is 1. The second kappa shape index (κ2) is 9.03. The van der Waals surface area contributed by atoms with Gasteiger partial charge in [-0.15, -0.1) is 0 Å². The molecule has 3 aromatic rings. The SMILES string of the molecule is CCOc1cc(N2CCOCC2)c(OCC)cc1NS(=O)(=O)c1c[nH]c2ncccc12. The van der Waals surface area contributed by atoms with Gasteiger partial charge in [0, 0.05) is 43.0 Å². The van der Waals surface area contributed by atoms with Crippen molar-refractivity contribution in [1.29, 1.82) is 0 Å². The number of nitrogens with one attached hydrogen (secondary N) is 2. The maximum absolute atomic E-state index is 13.2. The fraction of sp³-hybridized carbons (Fsp3) is 0.381. The van der Waals surface area contributed by atoms with Crippen molar-refractivity contribution in [1.82, 2.24) is 9.97 Å². The number of rotatable bonds is 8. The van der Waals surface area contributed by atoms with Gasteiger partial charge in [0.15, 0.2) is 0 Å². The summed E-state index contributed by atoms with van der Waals surface area (Å²) >= 11 is 0. The number of benzene rings is 1. The van der Waals surface area contributed by atoms with Crippen molar-refractivity contribution in [3.8, 4) is 11.5 Å². The number of ether oxygens (including phenoxy) is 3. The molecular weight excluding hydrogens is 420 g/mol. The van der Waals surface area contributed by atoms with Crippen LogP contribution in [0.4, 0.5) is 11.4 Å². The number of pyridine rings is 1. The lowest BCUT2D eigenvalue weighted by Crippen LogP contribution is -2.36. The van der Waals surface area contributed by atoms with Gasteiger partial charge in [0.05, 0.1) is 37.8 Å². The molecule has 2 aromatic heterocycles. The van der Waals surface area contributed by atoms with Crippen molar-refractivity contribution in [3.05, 3.63) is 36.7 Å². The summed E-state index contributed by atoms with van der Waals surface area (Å²) < 4.78 is 46.2. The first-order valence-electron chi connectivity index (χ1n) is 10.2. The van der Waals surface area contributed by atoms with Gasteiger partial charge in [0.25, 0.3) is 10.0 Å². The fourth-order valence-electron chi connectivity index (χ4n) is 3.58. The molecule has 10 heteroatoms. The summed E-state index contributed by atoms with van der Waals surface area (Å²) in [4.78, 5) is 9.33. The third kappa shape index (κ3) is 4.40. The molecule has 1 aliphatic heterocycles. The van der Waals surface area contributed by atoms with E-state index in [0.29, 0.717) is 54.6 Å². The second-order valence-corrected chi connectivity index (χ2v) is 8.59. The highest BCUT2D eigenvalue weighted by atomic mass is 32.2. The molecule has 1 aliphatic rings. The van der Waals surface area contributed by atoms with E-state index in [1.54, 1.807) is 24.4 Å². The van der Waals surface area contributed by atoms with Gasteiger partial charge in [-0.1, -0.05) is 0 Å². The highest BCUT2D eigenvalue weighted by molar-refractivity contribution is 7.93. The lowest BCUT2D eigenvalue weighted by Gasteiger charge is -2.31. The molecule has 31 heavy (non-hydrogen) atoms. The lowest BCUT2D eigenvalue weighted by molar-refractivity contribution is 0.122. The molecule has 1 saturated heterocycles. The number of aromatic amines is 1. The van der Waals surface area contributed by atoms with Crippen molar-refractivity contribution in [2.24, 2.45) is 0 Å². The number of H-pyrrole nitrogens is 1. The van der Waals surface area contributed by atoms with Crippen LogP contribution in [0, 0.1) is 0 Å². The average Bonchev–Trinajstić information content (AvgIpc) is 3.21. The molecule has 3 heterocycles. The van der Waals surface area contributed by atoms with Crippen molar-refractivity contribution in [2.45, 2.75) is 18.7 Å². The molecule has 1 fully saturated rings. The summed E-state index contributed by atoms with van der Waals surface area (Å²) in [5.41, 5.74) is 1.68. The molecule has 4 rings (SSSR count). The van der Waals surface area contributed by atoms with Gasteiger partial charge in [-0.05, 0) is 26.0 Å². The minimum absolute atomic E-state index is 0.119. The van der Waals surface area contributed by atoms with Crippen molar-refractivity contribution >= 4 is 32.4 Å². The van der Waals surface area contributed by atoms with E-state index in [4.69, 9.17) is 14.2 Å². The molecule has 9 nitrogen and oxygen atoms in total. The Labute approximate surface area is 181 Å². The molecule has 0 amide bonds. The van der Waals surface area contributed by atoms with Crippen LogP contribution < -0.4 is 19.1 Å². The van der Waals surface area contributed by atoms with Gasteiger partial charge in [-0.3, -0.25) is 4.72 Å². The minimum Gasteiger partial charge on any atom is -0.492 e. The third-order valence-electron chi connectivity index (χ3n) is 4.96. The summed E-state index contributed by atoms with van der Waals surface area (Å²) in [5.74, 6) is 1.03. The predicted molar refractivity (Wildman–Crippen MR) is 119 cm³/mol. The smallest absolute Gasteiger partial charge is 0.264 e. The zero-order valence-corrected chi connectivity index (χ0v) is 18.4.